The molecule has 1 atom stereocenters. The van der Waals surface area contributed by atoms with E-state index in [1.807, 2.05) is 18.8 Å². The van der Waals surface area contributed by atoms with Gasteiger partial charge in [0.25, 0.3) is 0 Å². The van der Waals surface area contributed by atoms with Crippen LogP contribution in [-0.2, 0) is 0 Å². The van der Waals surface area contributed by atoms with E-state index >= 15 is 0 Å². The molecule has 100 valence electrons. The fourth-order valence-electron chi connectivity index (χ4n) is 2.47. The molecule has 4 heteroatoms. The van der Waals surface area contributed by atoms with Crippen LogP contribution in [0.25, 0.3) is 0 Å². The van der Waals surface area contributed by atoms with E-state index in [1.54, 1.807) is 6.07 Å². The van der Waals surface area contributed by atoms with Gasteiger partial charge in [-0.15, -0.1) is 0 Å². The quantitative estimate of drug-likeness (QED) is 0.895. The normalized spacial score (nSPS) is 18.8. The summed E-state index contributed by atoms with van der Waals surface area (Å²) in [6.45, 7) is 0. The summed E-state index contributed by atoms with van der Waals surface area (Å²) in [5.74, 6) is 1.60. The number of nitrogens with one attached hydrogen (secondary N) is 1. The number of rotatable bonds is 4. The molecule has 0 spiro atoms. The van der Waals surface area contributed by atoms with Crippen molar-refractivity contribution in [1.82, 2.24) is 5.32 Å². The highest BCUT2D eigenvalue weighted by Crippen LogP contribution is 2.31. The number of benzene rings is 1. The molecule has 0 aliphatic carbocycles. The fourth-order valence-corrected chi connectivity index (χ4v) is 3.67. The molecule has 0 saturated carbocycles. The first kappa shape index (κ1) is 13.8. The molecule has 2 rings (SSSR count). The van der Waals surface area contributed by atoms with Gasteiger partial charge in [-0.1, -0.05) is 6.07 Å². The number of hydrogen-bond acceptors (Lipinski definition) is 2. The Hall–Kier alpha value is -0.610. The lowest BCUT2D eigenvalue weighted by Crippen LogP contribution is -2.22. The molecule has 0 amide bonds. The second kappa shape index (κ2) is 6.53. The van der Waals surface area contributed by atoms with Gasteiger partial charge < -0.3 is 5.32 Å². The van der Waals surface area contributed by atoms with Gasteiger partial charge in [0.2, 0.25) is 0 Å². The van der Waals surface area contributed by atoms with E-state index in [1.165, 1.54) is 36.5 Å². The molecule has 18 heavy (non-hydrogen) atoms. The minimum Gasteiger partial charge on any atom is -0.313 e. The maximum Gasteiger partial charge on any atom is 0.159 e. The minimum absolute atomic E-state index is 0.119. The highest BCUT2D eigenvalue weighted by atomic mass is 32.2. The molecule has 1 N–H and O–H groups in total. The third-order valence-electron chi connectivity index (χ3n) is 3.60. The zero-order chi connectivity index (χ0) is 13.0. The van der Waals surface area contributed by atoms with Gasteiger partial charge in [-0.05, 0) is 61.4 Å². The molecule has 1 nitrogen and oxygen atoms in total. The first-order valence-electron chi connectivity index (χ1n) is 6.40. The second-order valence-electron chi connectivity index (χ2n) is 4.81. The van der Waals surface area contributed by atoms with Gasteiger partial charge in [0, 0.05) is 6.04 Å². The van der Waals surface area contributed by atoms with E-state index in [0.717, 1.165) is 12.0 Å². The summed E-state index contributed by atoms with van der Waals surface area (Å²) in [6, 6.07) is 4.32. The number of halogens is 2. The van der Waals surface area contributed by atoms with Crippen molar-refractivity contribution in [3.63, 3.8) is 0 Å². The van der Waals surface area contributed by atoms with E-state index in [-0.39, 0.29) is 6.04 Å². The van der Waals surface area contributed by atoms with Crippen molar-refractivity contribution in [3.05, 3.63) is 35.4 Å². The van der Waals surface area contributed by atoms with Gasteiger partial charge >= 0.3 is 0 Å². The van der Waals surface area contributed by atoms with Crippen molar-refractivity contribution >= 4 is 11.8 Å². The van der Waals surface area contributed by atoms with Crippen LogP contribution in [0, 0.1) is 17.6 Å². The summed E-state index contributed by atoms with van der Waals surface area (Å²) < 4.78 is 26.2. The Balaban J connectivity index is 2.04. The van der Waals surface area contributed by atoms with Crippen LogP contribution < -0.4 is 5.32 Å². The van der Waals surface area contributed by atoms with E-state index in [0.29, 0.717) is 5.92 Å². The Morgan fingerprint density at radius 2 is 2.00 bits per heavy atom. The lowest BCUT2D eigenvalue weighted by atomic mass is 9.91. The first-order valence-corrected chi connectivity index (χ1v) is 7.56. The summed E-state index contributed by atoms with van der Waals surface area (Å²) in [5.41, 5.74) is 0.842. The topological polar surface area (TPSA) is 12.0 Å². The lowest BCUT2D eigenvalue weighted by Gasteiger charge is -2.26. The Morgan fingerprint density at radius 3 is 2.61 bits per heavy atom. The molecule has 1 saturated heterocycles. The minimum atomic E-state index is -0.775. The van der Waals surface area contributed by atoms with E-state index in [9.17, 15) is 8.78 Å². The molecule has 1 aliphatic heterocycles. The van der Waals surface area contributed by atoms with Crippen LogP contribution in [0.2, 0.25) is 0 Å². The Labute approximate surface area is 111 Å². The largest absolute Gasteiger partial charge is 0.313 e. The van der Waals surface area contributed by atoms with Crippen molar-refractivity contribution in [1.29, 1.82) is 0 Å². The zero-order valence-electron chi connectivity index (χ0n) is 10.6. The van der Waals surface area contributed by atoms with Crippen LogP contribution in [0.1, 0.15) is 30.9 Å². The van der Waals surface area contributed by atoms with Crippen molar-refractivity contribution in [2.45, 2.75) is 25.3 Å². The predicted molar refractivity (Wildman–Crippen MR) is 72.8 cm³/mol. The maximum absolute atomic E-state index is 13.2. The summed E-state index contributed by atoms with van der Waals surface area (Å²) in [6.07, 6.45) is 3.46. The van der Waals surface area contributed by atoms with Crippen molar-refractivity contribution in [2.24, 2.45) is 5.92 Å². The van der Waals surface area contributed by atoms with Crippen LogP contribution >= 0.6 is 11.8 Å². The van der Waals surface area contributed by atoms with Gasteiger partial charge in [0.1, 0.15) is 0 Å². The molecule has 1 aromatic rings. The number of thioether (sulfide) groups is 1. The molecule has 0 bridgehead atoms. The Morgan fingerprint density at radius 1 is 1.28 bits per heavy atom. The summed E-state index contributed by atoms with van der Waals surface area (Å²) in [7, 11) is 1.88. The Bertz CT molecular complexity index is 391. The van der Waals surface area contributed by atoms with Gasteiger partial charge in [0.15, 0.2) is 11.6 Å². The molecular formula is C14H19F2NS. The molecule has 1 aliphatic rings. The summed E-state index contributed by atoms with van der Waals surface area (Å²) in [4.78, 5) is 0. The molecule has 0 aromatic heterocycles. The zero-order valence-corrected chi connectivity index (χ0v) is 11.4. The number of hydrogen-bond donors (Lipinski definition) is 1. The van der Waals surface area contributed by atoms with Crippen molar-refractivity contribution in [3.8, 4) is 0 Å². The fraction of sp³-hybridized carbons (Fsp3) is 0.571. The molecule has 0 radical (unpaired) electrons. The standard InChI is InChI=1S/C14H19F2NS/c1-17-14(8-10-4-6-18-7-5-10)11-2-3-12(15)13(16)9-11/h2-3,9-10,14,17H,4-8H2,1H3. The Kier molecular flexibility index (Phi) is 5.01. The predicted octanol–water partition coefficient (Wildman–Crippen LogP) is 3.76. The van der Waals surface area contributed by atoms with Crippen LogP contribution in [0.5, 0.6) is 0 Å². The SMILES string of the molecule is CNC(CC1CCSCC1)c1ccc(F)c(F)c1. The van der Waals surface area contributed by atoms with Gasteiger partial charge in [-0.25, -0.2) is 8.78 Å². The smallest absolute Gasteiger partial charge is 0.159 e. The van der Waals surface area contributed by atoms with Crippen molar-refractivity contribution in [2.75, 3.05) is 18.6 Å². The molecule has 1 aromatic carbocycles. The monoisotopic (exact) mass is 271 g/mol. The van der Waals surface area contributed by atoms with E-state index < -0.39 is 11.6 Å². The molecule has 1 unspecified atom stereocenters. The van der Waals surface area contributed by atoms with Gasteiger partial charge in [-0.3, -0.25) is 0 Å². The van der Waals surface area contributed by atoms with Crippen LogP contribution in [0.4, 0.5) is 8.78 Å². The lowest BCUT2D eigenvalue weighted by molar-refractivity contribution is 0.382. The third-order valence-corrected chi connectivity index (χ3v) is 4.65. The van der Waals surface area contributed by atoms with E-state index in [4.69, 9.17) is 0 Å². The van der Waals surface area contributed by atoms with E-state index in [2.05, 4.69) is 5.32 Å². The highest BCUT2D eigenvalue weighted by molar-refractivity contribution is 7.99. The molecular weight excluding hydrogens is 252 g/mol. The maximum atomic E-state index is 13.2. The van der Waals surface area contributed by atoms with Gasteiger partial charge in [0.05, 0.1) is 0 Å². The summed E-state index contributed by atoms with van der Waals surface area (Å²) in [5, 5.41) is 3.22. The molecule has 1 fully saturated rings. The van der Waals surface area contributed by atoms with Crippen LogP contribution in [0.3, 0.4) is 0 Å². The molecule has 1 heterocycles. The summed E-state index contributed by atoms with van der Waals surface area (Å²) >= 11 is 2.00. The van der Waals surface area contributed by atoms with Crippen LogP contribution in [0.15, 0.2) is 18.2 Å². The third kappa shape index (κ3) is 3.45. The van der Waals surface area contributed by atoms with Crippen LogP contribution in [-0.4, -0.2) is 18.6 Å². The highest BCUT2D eigenvalue weighted by Gasteiger charge is 2.20. The average Bonchev–Trinajstić information content (AvgIpc) is 2.40. The first-order chi connectivity index (χ1) is 8.70. The van der Waals surface area contributed by atoms with Gasteiger partial charge in [-0.2, -0.15) is 11.8 Å². The average molecular weight is 271 g/mol. The second-order valence-corrected chi connectivity index (χ2v) is 6.03. The van der Waals surface area contributed by atoms with Crippen molar-refractivity contribution < 1.29 is 8.78 Å².